The Morgan fingerprint density at radius 3 is 3.06 bits per heavy atom. The molecule has 3 unspecified atom stereocenters. The third-order valence-electron chi connectivity index (χ3n) is 6.36. The van der Waals surface area contributed by atoms with E-state index in [0.29, 0.717) is 12.5 Å². The van der Waals surface area contributed by atoms with Crippen LogP contribution in [0.1, 0.15) is 47.6 Å². The molecular weight excluding hydrogens is 444 g/mol. The zero-order valence-electron chi connectivity index (χ0n) is 19.6. The van der Waals surface area contributed by atoms with Crippen molar-refractivity contribution in [3.8, 4) is 5.75 Å². The number of aromatic amines is 1. The average Bonchev–Trinajstić information content (AvgIpc) is 3.53. The SMILES string of the molecule is C/C=C\N/C=C(\N)CC1CCc2sccc2C1.OC1c2ccccc2OCC1Cc1cnc[nH]1. The second-order valence-electron chi connectivity index (χ2n) is 8.90. The Labute approximate surface area is 205 Å². The fourth-order valence-corrected chi connectivity index (χ4v) is 5.52. The molecule has 0 amide bonds. The first-order chi connectivity index (χ1) is 16.6. The fourth-order valence-electron chi connectivity index (χ4n) is 4.58. The van der Waals surface area contributed by atoms with E-state index in [1.165, 1.54) is 19.3 Å². The molecule has 0 fully saturated rings. The molecule has 5 N–H and O–H groups in total. The number of rotatable bonds is 6. The van der Waals surface area contributed by atoms with Crippen LogP contribution in [0.2, 0.25) is 0 Å². The minimum atomic E-state index is -0.469. The Morgan fingerprint density at radius 2 is 2.24 bits per heavy atom. The zero-order valence-corrected chi connectivity index (χ0v) is 20.4. The number of aryl methyl sites for hydroxylation is 1. The Hall–Kier alpha value is -3.03. The predicted molar refractivity (Wildman–Crippen MR) is 137 cm³/mol. The maximum Gasteiger partial charge on any atom is 0.125 e. The summed E-state index contributed by atoms with van der Waals surface area (Å²) in [4.78, 5) is 8.61. The Balaban J connectivity index is 0.000000161. The van der Waals surface area contributed by atoms with Crippen LogP contribution >= 0.6 is 11.3 Å². The highest BCUT2D eigenvalue weighted by Crippen LogP contribution is 2.36. The lowest BCUT2D eigenvalue weighted by Gasteiger charge is -2.29. The summed E-state index contributed by atoms with van der Waals surface area (Å²) >= 11 is 1.90. The zero-order chi connectivity index (χ0) is 23.8. The van der Waals surface area contributed by atoms with Crippen molar-refractivity contribution in [3.05, 3.63) is 94.1 Å². The summed E-state index contributed by atoms with van der Waals surface area (Å²) in [6.45, 7) is 2.52. The number of aromatic nitrogens is 2. The molecule has 0 spiro atoms. The summed E-state index contributed by atoms with van der Waals surface area (Å²) in [6.07, 6.45) is 14.2. The van der Waals surface area contributed by atoms with Gasteiger partial charge in [0.05, 0.1) is 19.0 Å². The molecule has 3 heterocycles. The maximum absolute atomic E-state index is 10.3. The number of nitrogens with two attached hydrogens (primary N) is 1. The van der Waals surface area contributed by atoms with Gasteiger partial charge >= 0.3 is 0 Å². The molecule has 5 rings (SSSR count). The normalized spacial score (nSPS) is 21.7. The van der Waals surface area contributed by atoms with Gasteiger partial charge in [0.15, 0.2) is 0 Å². The Kier molecular flexibility index (Phi) is 8.44. The van der Waals surface area contributed by atoms with Gasteiger partial charge in [0.1, 0.15) is 5.75 Å². The van der Waals surface area contributed by atoms with Gasteiger partial charge < -0.3 is 25.9 Å². The van der Waals surface area contributed by atoms with Crippen LogP contribution in [-0.2, 0) is 19.3 Å². The molecule has 1 aromatic carbocycles. The highest BCUT2D eigenvalue weighted by molar-refractivity contribution is 7.10. The first-order valence-electron chi connectivity index (χ1n) is 11.9. The molecule has 0 bridgehead atoms. The number of hydrogen-bond donors (Lipinski definition) is 4. The van der Waals surface area contributed by atoms with E-state index in [-0.39, 0.29) is 5.92 Å². The number of aliphatic hydroxyl groups excluding tert-OH is 1. The molecule has 0 saturated carbocycles. The number of benzene rings is 1. The summed E-state index contributed by atoms with van der Waals surface area (Å²) in [5.41, 5.74) is 10.4. The van der Waals surface area contributed by atoms with Crippen LogP contribution in [-0.4, -0.2) is 21.7 Å². The third kappa shape index (κ3) is 6.30. The van der Waals surface area contributed by atoms with E-state index in [4.69, 9.17) is 10.5 Å². The highest BCUT2D eigenvalue weighted by Gasteiger charge is 2.29. The van der Waals surface area contributed by atoms with E-state index in [1.807, 2.05) is 61.0 Å². The largest absolute Gasteiger partial charge is 0.493 e. The molecule has 3 aromatic rings. The summed E-state index contributed by atoms with van der Waals surface area (Å²) in [5.74, 6) is 1.58. The number of para-hydroxylation sites is 1. The van der Waals surface area contributed by atoms with Crippen molar-refractivity contribution in [1.29, 1.82) is 0 Å². The van der Waals surface area contributed by atoms with Crippen molar-refractivity contribution >= 4 is 11.3 Å². The molecule has 0 radical (unpaired) electrons. The van der Waals surface area contributed by atoms with Gasteiger partial charge in [-0.15, -0.1) is 11.3 Å². The summed E-state index contributed by atoms with van der Waals surface area (Å²) in [5, 5.41) is 15.6. The van der Waals surface area contributed by atoms with E-state index >= 15 is 0 Å². The molecule has 180 valence electrons. The molecule has 1 aliphatic heterocycles. The summed E-state index contributed by atoms with van der Waals surface area (Å²) < 4.78 is 5.66. The number of H-pyrrole nitrogens is 1. The van der Waals surface area contributed by atoms with Gasteiger partial charge in [-0.3, -0.25) is 0 Å². The van der Waals surface area contributed by atoms with Gasteiger partial charge in [0.25, 0.3) is 0 Å². The lowest BCUT2D eigenvalue weighted by molar-refractivity contribution is 0.0503. The summed E-state index contributed by atoms with van der Waals surface area (Å²) in [6, 6.07) is 9.92. The summed E-state index contributed by atoms with van der Waals surface area (Å²) in [7, 11) is 0. The van der Waals surface area contributed by atoms with Gasteiger partial charge in [-0.05, 0) is 74.2 Å². The van der Waals surface area contributed by atoms with Crippen molar-refractivity contribution in [2.75, 3.05) is 6.61 Å². The Morgan fingerprint density at radius 1 is 1.35 bits per heavy atom. The molecule has 6 nitrogen and oxygen atoms in total. The monoisotopic (exact) mass is 478 g/mol. The van der Waals surface area contributed by atoms with Crippen LogP contribution in [0.4, 0.5) is 0 Å². The fraction of sp³-hybridized carbons (Fsp3) is 0.370. The number of fused-ring (bicyclic) bond motifs is 2. The van der Waals surface area contributed by atoms with Gasteiger partial charge in [0, 0.05) is 40.1 Å². The van der Waals surface area contributed by atoms with Crippen molar-refractivity contribution < 1.29 is 9.84 Å². The smallest absolute Gasteiger partial charge is 0.125 e. The number of aliphatic hydroxyl groups is 1. The standard InChI is InChI=1S/C14H20N2S.C13H14N2O2/c1-2-6-16-10-13(15)9-11-3-4-14-12(8-11)5-7-17-14;16-13-9(5-10-6-14-8-15-10)7-17-12-4-2-1-3-11(12)13/h2,5-7,10-11,16H,3-4,8-9,15H2,1H3;1-4,6,8-9,13,16H,5,7H2,(H,14,15)/b6-2-,13-10-;. The minimum Gasteiger partial charge on any atom is -0.493 e. The number of thiophene rings is 1. The second kappa shape index (κ2) is 11.9. The van der Waals surface area contributed by atoms with Crippen LogP contribution in [0, 0.1) is 11.8 Å². The molecule has 0 saturated heterocycles. The Bertz CT molecular complexity index is 1090. The first-order valence-corrected chi connectivity index (χ1v) is 12.8. The van der Waals surface area contributed by atoms with Crippen LogP contribution in [0.15, 0.2) is 72.4 Å². The second-order valence-corrected chi connectivity index (χ2v) is 9.90. The topological polar surface area (TPSA) is 96.2 Å². The van der Waals surface area contributed by atoms with E-state index < -0.39 is 6.10 Å². The highest BCUT2D eigenvalue weighted by atomic mass is 32.1. The molecule has 3 atom stereocenters. The number of hydrogen-bond acceptors (Lipinski definition) is 6. The van der Waals surface area contributed by atoms with Gasteiger partial charge in [-0.2, -0.15) is 0 Å². The van der Waals surface area contributed by atoms with E-state index in [1.54, 1.807) is 23.0 Å². The lowest BCUT2D eigenvalue weighted by Crippen LogP contribution is -2.27. The van der Waals surface area contributed by atoms with Gasteiger partial charge in [-0.1, -0.05) is 24.3 Å². The molecular formula is C27H34N4O2S. The number of nitrogens with zero attached hydrogens (tertiary/aromatic N) is 1. The van der Waals surface area contributed by atoms with Crippen LogP contribution in [0.25, 0.3) is 0 Å². The number of allylic oxidation sites excluding steroid dienone is 2. The average molecular weight is 479 g/mol. The van der Waals surface area contributed by atoms with Crippen molar-refractivity contribution in [2.45, 2.75) is 45.1 Å². The maximum atomic E-state index is 10.3. The first kappa shape index (κ1) is 24.1. The number of nitrogens with one attached hydrogen (secondary N) is 2. The van der Waals surface area contributed by atoms with E-state index in [9.17, 15) is 5.11 Å². The predicted octanol–water partition coefficient (Wildman–Crippen LogP) is 4.86. The molecule has 2 aliphatic rings. The van der Waals surface area contributed by atoms with E-state index in [2.05, 4.69) is 26.7 Å². The van der Waals surface area contributed by atoms with Crippen molar-refractivity contribution in [2.24, 2.45) is 17.6 Å². The minimum absolute atomic E-state index is 0.0744. The van der Waals surface area contributed by atoms with Crippen LogP contribution < -0.4 is 15.8 Å². The lowest BCUT2D eigenvalue weighted by atomic mass is 9.86. The molecule has 7 heteroatoms. The molecule has 2 aromatic heterocycles. The van der Waals surface area contributed by atoms with Crippen LogP contribution in [0.5, 0.6) is 5.75 Å². The van der Waals surface area contributed by atoms with Gasteiger partial charge in [-0.25, -0.2) is 4.98 Å². The quantitative estimate of drug-likeness (QED) is 0.406. The van der Waals surface area contributed by atoms with Crippen molar-refractivity contribution in [1.82, 2.24) is 15.3 Å². The van der Waals surface area contributed by atoms with E-state index in [0.717, 1.165) is 35.5 Å². The number of imidazole rings is 1. The third-order valence-corrected chi connectivity index (χ3v) is 7.38. The van der Waals surface area contributed by atoms with Crippen molar-refractivity contribution in [3.63, 3.8) is 0 Å². The van der Waals surface area contributed by atoms with Crippen LogP contribution in [0.3, 0.4) is 0 Å². The molecule has 34 heavy (non-hydrogen) atoms. The number of ether oxygens (including phenoxy) is 1. The van der Waals surface area contributed by atoms with Gasteiger partial charge in [0.2, 0.25) is 0 Å². The molecule has 1 aliphatic carbocycles.